The Hall–Kier alpha value is -3.59. The van der Waals surface area contributed by atoms with Gasteiger partial charge in [0, 0.05) is 47.2 Å². The van der Waals surface area contributed by atoms with Gasteiger partial charge in [0.1, 0.15) is 29.8 Å². The Morgan fingerprint density at radius 1 is 1.14 bits per heavy atom. The number of rotatable bonds is 5. The molecule has 3 aromatic carbocycles. The standard InChI is InChI=1S/C28H27F2N3O3S/c1-3-20-22(7-9-25(26(20)30)37(2)35)28(34)33-12-13-36-24-8-5-17(14-19(24)16-33)21-6-4-18(15-23(21)29)27-31-10-11-32-27/h4-9,14-15H,3,10-13,16H2,1-2H3,(H,31,32). The van der Waals surface area contributed by atoms with E-state index >= 15 is 8.78 Å². The van der Waals surface area contributed by atoms with Gasteiger partial charge in [-0.2, -0.15) is 0 Å². The number of hydrogen-bond acceptors (Lipinski definition) is 5. The number of carbonyl (C=O) groups is 1. The molecule has 0 radical (unpaired) electrons. The predicted molar refractivity (Wildman–Crippen MR) is 140 cm³/mol. The molecule has 1 amide bonds. The van der Waals surface area contributed by atoms with Crippen LogP contribution in [0.1, 0.15) is 34.0 Å². The molecule has 1 unspecified atom stereocenters. The lowest BCUT2D eigenvalue weighted by Gasteiger charge is -2.22. The number of fused-ring (bicyclic) bond motifs is 1. The molecule has 0 saturated heterocycles. The summed E-state index contributed by atoms with van der Waals surface area (Å²) in [4.78, 5) is 19.5. The summed E-state index contributed by atoms with van der Waals surface area (Å²) < 4.78 is 47.9. The average molecular weight is 524 g/mol. The largest absolute Gasteiger partial charge is 0.491 e. The number of amidine groups is 1. The molecule has 0 aromatic heterocycles. The van der Waals surface area contributed by atoms with Gasteiger partial charge in [0.25, 0.3) is 5.91 Å². The molecule has 3 aromatic rings. The van der Waals surface area contributed by atoms with E-state index in [0.29, 0.717) is 47.8 Å². The zero-order valence-electron chi connectivity index (χ0n) is 20.6. The van der Waals surface area contributed by atoms with Crippen molar-refractivity contribution in [3.05, 3.63) is 82.4 Å². The van der Waals surface area contributed by atoms with Crippen molar-refractivity contribution in [1.29, 1.82) is 0 Å². The summed E-state index contributed by atoms with van der Waals surface area (Å²) in [6, 6.07) is 13.4. The Bertz CT molecular complexity index is 1440. The summed E-state index contributed by atoms with van der Waals surface area (Å²) >= 11 is 0. The second kappa shape index (κ2) is 10.4. The Labute approximate surface area is 216 Å². The number of hydrogen-bond donors (Lipinski definition) is 1. The van der Waals surface area contributed by atoms with E-state index in [-0.39, 0.29) is 40.9 Å². The Morgan fingerprint density at radius 2 is 1.95 bits per heavy atom. The van der Waals surface area contributed by atoms with Crippen LogP contribution in [0.15, 0.2) is 58.4 Å². The smallest absolute Gasteiger partial charge is 0.254 e. The fraction of sp³-hybridized carbons (Fsp3) is 0.286. The lowest BCUT2D eigenvalue weighted by molar-refractivity contribution is 0.0731. The third-order valence-corrected chi connectivity index (χ3v) is 7.59. The van der Waals surface area contributed by atoms with E-state index in [1.54, 1.807) is 36.1 Å². The number of halogens is 2. The summed E-state index contributed by atoms with van der Waals surface area (Å²) in [7, 11) is -1.50. The minimum atomic E-state index is -1.50. The Balaban J connectivity index is 1.44. The van der Waals surface area contributed by atoms with Crippen LogP contribution in [0.25, 0.3) is 11.1 Å². The highest BCUT2D eigenvalue weighted by molar-refractivity contribution is 7.84. The van der Waals surface area contributed by atoms with Crippen molar-refractivity contribution in [3.8, 4) is 16.9 Å². The molecule has 37 heavy (non-hydrogen) atoms. The molecule has 2 aliphatic heterocycles. The maximum Gasteiger partial charge on any atom is 0.254 e. The molecule has 6 nitrogen and oxygen atoms in total. The van der Waals surface area contributed by atoms with Crippen molar-refractivity contribution >= 4 is 22.5 Å². The molecule has 9 heteroatoms. The van der Waals surface area contributed by atoms with E-state index in [1.165, 1.54) is 18.4 Å². The van der Waals surface area contributed by atoms with Crippen LogP contribution in [-0.2, 0) is 23.8 Å². The molecule has 0 spiro atoms. The second-order valence-electron chi connectivity index (χ2n) is 8.96. The summed E-state index contributed by atoms with van der Waals surface area (Å²) in [5.74, 6) is 0.0232. The normalized spacial score (nSPS) is 15.8. The van der Waals surface area contributed by atoms with Gasteiger partial charge >= 0.3 is 0 Å². The summed E-state index contributed by atoms with van der Waals surface area (Å²) in [5.41, 5.74) is 3.03. The van der Waals surface area contributed by atoms with Crippen LogP contribution in [0.2, 0.25) is 0 Å². The van der Waals surface area contributed by atoms with Crippen molar-refractivity contribution < 1.29 is 22.5 Å². The lowest BCUT2D eigenvalue weighted by Crippen LogP contribution is -2.33. The van der Waals surface area contributed by atoms with E-state index in [2.05, 4.69) is 10.3 Å². The number of ether oxygens (including phenoxy) is 1. The van der Waals surface area contributed by atoms with Crippen LogP contribution < -0.4 is 10.1 Å². The monoisotopic (exact) mass is 523 g/mol. The molecule has 1 atom stereocenters. The van der Waals surface area contributed by atoms with Crippen LogP contribution in [0, 0.1) is 11.6 Å². The van der Waals surface area contributed by atoms with E-state index in [0.717, 1.165) is 12.1 Å². The molecule has 1 N–H and O–H groups in total. The van der Waals surface area contributed by atoms with Gasteiger partial charge in [0.15, 0.2) is 0 Å². The first-order chi connectivity index (χ1) is 17.9. The molecule has 5 rings (SSSR count). The first-order valence-corrected chi connectivity index (χ1v) is 13.7. The number of benzene rings is 3. The molecular weight excluding hydrogens is 496 g/mol. The fourth-order valence-electron chi connectivity index (χ4n) is 4.76. The van der Waals surface area contributed by atoms with Crippen molar-refractivity contribution in [3.63, 3.8) is 0 Å². The maximum atomic E-state index is 15.1. The third-order valence-electron chi connectivity index (χ3n) is 6.66. The van der Waals surface area contributed by atoms with Crippen molar-refractivity contribution in [2.75, 3.05) is 32.5 Å². The molecule has 0 bridgehead atoms. The molecule has 0 saturated carbocycles. The van der Waals surface area contributed by atoms with Crippen LogP contribution >= 0.6 is 0 Å². The summed E-state index contributed by atoms with van der Waals surface area (Å²) in [6.07, 6.45) is 1.70. The number of aliphatic imine (C=N–C) groups is 1. The number of nitrogens with one attached hydrogen (secondary N) is 1. The highest BCUT2D eigenvalue weighted by Crippen LogP contribution is 2.32. The molecule has 192 valence electrons. The molecule has 0 aliphatic carbocycles. The van der Waals surface area contributed by atoms with Gasteiger partial charge < -0.3 is 15.0 Å². The zero-order valence-corrected chi connectivity index (χ0v) is 21.5. The Kier molecular flexibility index (Phi) is 7.06. The molecular formula is C28H27F2N3O3S. The van der Waals surface area contributed by atoms with Crippen LogP contribution in [0.5, 0.6) is 5.75 Å². The Morgan fingerprint density at radius 3 is 2.65 bits per heavy atom. The van der Waals surface area contributed by atoms with Crippen molar-refractivity contribution in [2.24, 2.45) is 4.99 Å². The van der Waals surface area contributed by atoms with Gasteiger partial charge in [0.05, 0.1) is 28.8 Å². The quantitative estimate of drug-likeness (QED) is 0.541. The maximum absolute atomic E-state index is 15.1. The number of nitrogens with zero attached hydrogens (tertiary/aromatic N) is 2. The van der Waals surface area contributed by atoms with E-state index in [1.807, 2.05) is 12.1 Å². The number of amides is 1. The first-order valence-electron chi connectivity index (χ1n) is 12.2. The molecule has 0 fully saturated rings. The fourth-order valence-corrected chi connectivity index (χ4v) is 5.40. The van der Waals surface area contributed by atoms with Crippen LogP contribution in [0.3, 0.4) is 0 Å². The van der Waals surface area contributed by atoms with E-state index < -0.39 is 16.6 Å². The van der Waals surface area contributed by atoms with Crippen LogP contribution in [-0.4, -0.2) is 53.3 Å². The first kappa shape index (κ1) is 25.1. The van der Waals surface area contributed by atoms with E-state index in [9.17, 15) is 9.00 Å². The van der Waals surface area contributed by atoms with E-state index in [4.69, 9.17) is 4.74 Å². The van der Waals surface area contributed by atoms with Gasteiger partial charge in [-0.25, -0.2) is 8.78 Å². The lowest BCUT2D eigenvalue weighted by atomic mass is 9.99. The van der Waals surface area contributed by atoms with Crippen LogP contribution in [0.4, 0.5) is 8.78 Å². The third kappa shape index (κ3) is 4.87. The summed E-state index contributed by atoms with van der Waals surface area (Å²) in [6.45, 7) is 4.00. The predicted octanol–water partition coefficient (Wildman–Crippen LogP) is 4.32. The highest BCUT2D eigenvalue weighted by atomic mass is 32.2. The summed E-state index contributed by atoms with van der Waals surface area (Å²) in [5, 5.41) is 3.15. The molecule has 2 aliphatic rings. The van der Waals surface area contributed by atoms with Gasteiger partial charge in [-0.3, -0.25) is 14.0 Å². The van der Waals surface area contributed by atoms with Crippen molar-refractivity contribution in [1.82, 2.24) is 10.2 Å². The minimum absolute atomic E-state index is 0.0893. The average Bonchev–Trinajstić information content (AvgIpc) is 3.34. The topological polar surface area (TPSA) is 71.0 Å². The van der Waals surface area contributed by atoms with Crippen molar-refractivity contribution in [2.45, 2.75) is 24.8 Å². The SMILES string of the molecule is CCc1c(C(=O)N2CCOc3ccc(-c4ccc(C5=NCCN5)cc4F)cc3C2)ccc(S(C)=O)c1F. The highest BCUT2D eigenvalue weighted by Gasteiger charge is 2.26. The molecule has 2 heterocycles. The van der Waals surface area contributed by atoms with Gasteiger partial charge in [-0.1, -0.05) is 25.1 Å². The van der Waals surface area contributed by atoms with Gasteiger partial charge in [-0.05, 0) is 42.3 Å². The van der Waals surface area contributed by atoms with Gasteiger partial charge in [0.2, 0.25) is 0 Å². The zero-order chi connectivity index (χ0) is 26.1. The van der Waals surface area contributed by atoms with Gasteiger partial charge in [-0.15, -0.1) is 0 Å². The minimum Gasteiger partial charge on any atom is -0.491 e. The second-order valence-corrected chi connectivity index (χ2v) is 10.3. The number of carbonyl (C=O) groups excluding carboxylic acids is 1.